The van der Waals surface area contributed by atoms with E-state index in [9.17, 15) is 0 Å². The van der Waals surface area contributed by atoms with Crippen LogP contribution in [0.3, 0.4) is 0 Å². The van der Waals surface area contributed by atoms with Gasteiger partial charge in [-0.05, 0) is 61.0 Å². The zero-order valence-corrected chi connectivity index (χ0v) is 18.7. The molecule has 4 nitrogen and oxygen atoms in total. The Kier molecular flexibility index (Phi) is 7.18. The molecule has 0 saturated carbocycles. The van der Waals surface area contributed by atoms with E-state index in [1.807, 2.05) is 60.6 Å². The number of rotatable bonds is 9. The minimum Gasteiger partial charge on any atom is -0.477 e. The summed E-state index contributed by atoms with van der Waals surface area (Å²) in [4.78, 5) is 2.23. The highest BCUT2D eigenvalue weighted by Crippen LogP contribution is 2.33. The number of nitrogens with zero attached hydrogens (tertiary/aromatic N) is 3. The van der Waals surface area contributed by atoms with Gasteiger partial charge >= 0.3 is 0 Å². The second-order valence-electron chi connectivity index (χ2n) is 7.42. The van der Waals surface area contributed by atoms with Crippen molar-refractivity contribution < 1.29 is 4.74 Å². The van der Waals surface area contributed by atoms with Gasteiger partial charge in [0, 0.05) is 17.1 Å². The van der Waals surface area contributed by atoms with Gasteiger partial charge in [-0.2, -0.15) is 5.10 Å². The minimum atomic E-state index is -0.285. The van der Waals surface area contributed by atoms with Crippen LogP contribution in [0.2, 0.25) is 0 Å². The van der Waals surface area contributed by atoms with Gasteiger partial charge in [-0.25, -0.2) is 5.01 Å². The van der Waals surface area contributed by atoms with Gasteiger partial charge in [0.1, 0.15) is 0 Å². The number of ether oxygens (including phenoxy) is 1. The number of hydrogen-bond acceptors (Lipinski definition) is 4. The van der Waals surface area contributed by atoms with Gasteiger partial charge < -0.3 is 9.64 Å². The molecule has 0 aliphatic rings. The third-order valence-corrected chi connectivity index (χ3v) is 5.17. The topological polar surface area (TPSA) is 28.1 Å². The predicted molar refractivity (Wildman–Crippen MR) is 138 cm³/mol. The molecule has 4 aromatic rings. The van der Waals surface area contributed by atoms with Crippen LogP contribution >= 0.6 is 0 Å². The number of hydrazone groups is 1. The zero-order valence-electron chi connectivity index (χ0n) is 18.7. The van der Waals surface area contributed by atoms with E-state index < -0.39 is 0 Å². The maximum atomic E-state index is 5.56. The highest BCUT2D eigenvalue weighted by atomic mass is 16.5. The molecule has 4 rings (SSSR count). The van der Waals surface area contributed by atoms with Crippen LogP contribution in [0, 0.1) is 0 Å². The second kappa shape index (κ2) is 10.8. The van der Waals surface area contributed by atoms with Crippen molar-refractivity contribution in [2.75, 3.05) is 9.91 Å². The van der Waals surface area contributed by atoms with E-state index in [0.717, 1.165) is 28.3 Å². The Morgan fingerprint density at radius 3 is 1.61 bits per heavy atom. The molecule has 1 atom stereocenters. The van der Waals surface area contributed by atoms with Gasteiger partial charge in [-0.15, -0.1) is 0 Å². The van der Waals surface area contributed by atoms with Crippen LogP contribution in [-0.4, -0.2) is 12.4 Å². The third-order valence-electron chi connectivity index (χ3n) is 5.17. The fraction of sp³-hybridized carbons (Fsp3) is 0.0690. The van der Waals surface area contributed by atoms with Gasteiger partial charge in [-0.1, -0.05) is 73.3 Å². The lowest BCUT2D eigenvalue weighted by molar-refractivity contribution is 0.158. The van der Waals surface area contributed by atoms with E-state index in [1.165, 1.54) is 6.26 Å². The molecule has 1 unspecified atom stereocenters. The number of anilines is 4. The lowest BCUT2D eigenvalue weighted by Gasteiger charge is -2.26. The normalized spacial score (nSPS) is 11.7. The maximum absolute atomic E-state index is 5.56. The van der Waals surface area contributed by atoms with Gasteiger partial charge in [0.05, 0.1) is 18.2 Å². The quantitative estimate of drug-likeness (QED) is 0.118. The molecular formula is C29H27N3O. The lowest BCUT2D eigenvalue weighted by Crippen LogP contribution is -2.29. The van der Waals surface area contributed by atoms with Gasteiger partial charge in [0.25, 0.3) is 0 Å². The first-order chi connectivity index (χ1) is 16.3. The SMILES string of the molecule is C=COC(C)N(N=Cc1ccc(N(c2ccccc2)c2ccccc2)cc1)c1ccccc1. The summed E-state index contributed by atoms with van der Waals surface area (Å²) in [6.07, 6.45) is 2.99. The van der Waals surface area contributed by atoms with Crippen molar-refractivity contribution in [2.24, 2.45) is 5.10 Å². The maximum Gasteiger partial charge on any atom is 0.188 e. The highest BCUT2D eigenvalue weighted by Gasteiger charge is 2.14. The highest BCUT2D eigenvalue weighted by molar-refractivity contribution is 5.83. The average Bonchev–Trinajstić information content (AvgIpc) is 2.87. The standard InChI is InChI=1S/C29H27N3O/c1-3-33-24(2)32(29-17-11-6-12-18-29)30-23-25-19-21-28(22-20-25)31(26-13-7-4-8-14-26)27-15-9-5-10-16-27/h3-24H,1H2,2H3. The van der Waals surface area contributed by atoms with E-state index in [0.29, 0.717) is 0 Å². The van der Waals surface area contributed by atoms with Crippen molar-refractivity contribution in [3.05, 3.63) is 134 Å². The van der Waals surface area contributed by atoms with E-state index in [-0.39, 0.29) is 6.23 Å². The molecule has 0 amide bonds. The van der Waals surface area contributed by atoms with Gasteiger partial charge in [0.15, 0.2) is 6.23 Å². The molecule has 4 aromatic carbocycles. The Balaban J connectivity index is 1.61. The Morgan fingerprint density at radius 1 is 0.667 bits per heavy atom. The minimum absolute atomic E-state index is 0.285. The molecule has 0 aliphatic heterocycles. The summed E-state index contributed by atoms with van der Waals surface area (Å²) < 4.78 is 5.56. The van der Waals surface area contributed by atoms with Gasteiger partial charge in [-0.3, -0.25) is 0 Å². The van der Waals surface area contributed by atoms with Crippen LogP contribution in [0.25, 0.3) is 0 Å². The average molecular weight is 434 g/mol. The molecule has 0 fully saturated rings. The van der Waals surface area contributed by atoms with E-state index in [4.69, 9.17) is 9.84 Å². The van der Waals surface area contributed by atoms with Crippen LogP contribution in [0.4, 0.5) is 22.7 Å². The van der Waals surface area contributed by atoms with E-state index >= 15 is 0 Å². The zero-order chi connectivity index (χ0) is 22.9. The Morgan fingerprint density at radius 2 is 1.12 bits per heavy atom. The molecule has 0 heterocycles. The second-order valence-corrected chi connectivity index (χ2v) is 7.42. The Bertz CT molecular complexity index is 1120. The van der Waals surface area contributed by atoms with Crippen molar-refractivity contribution in [3.8, 4) is 0 Å². The summed E-state index contributed by atoms with van der Waals surface area (Å²) in [5, 5.41) is 6.52. The number of para-hydroxylation sites is 3. The predicted octanol–water partition coefficient (Wildman–Crippen LogP) is 7.50. The van der Waals surface area contributed by atoms with Crippen LogP contribution in [0.1, 0.15) is 12.5 Å². The third kappa shape index (κ3) is 5.49. The van der Waals surface area contributed by atoms with Crippen LogP contribution in [0.15, 0.2) is 133 Å². The summed E-state index contributed by atoms with van der Waals surface area (Å²) >= 11 is 0. The molecule has 0 N–H and O–H groups in total. The first-order valence-corrected chi connectivity index (χ1v) is 10.9. The number of benzene rings is 4. The molecule has 33 heavy (non-hydrogen) atoms. The van der Waals surface area contributed by atoms with E-state index in [1.54, 1.807) is 0 Å². The Labute approximate surface area is 195 Å². The van der Waals surface area contributed by atoms with Crippen LogP contribution in [-0.2, 0) is 4.74 Å². The summed E-state index contributed by atoms with van der Waals surface area (Å²) in [7, 11) is 0. The van der Waals surface area contributed by atoms with Crippen molar-refractivity contribution in [2.45, 2.75) is 13.2 Å². The van der Waals surface area contributed by atoms with Crippen LogP contribution in [0.5, 0.6) is 0 Å². The van der Waals surface area contributed by atoms with Crippen LogP contribution < -0.4 is 9.91 Å². The summed E-state index contributed by atoms with van der Waals surface area (Å²) in [6, 6.07) is 39.0. The molecule has 0 saturated heterocycles. The van der Waals surface area contributed by atoms with Crippen molar-refractivity contribution >= 4 is 29.0 Å². The fourth-order valence-electron chi connectivity index (χ4n) is 3.59. The number of hydrogen-bond donors (Lipinski definition) is 0. The summed E-state index contributed by atoms with van der Waals surface area (Å²) in [5.74, 6) is 0. The molecule has 0 radical (unpaired) electrons. The van der Waals surface area contributed by atoms with Crippen molar-refractivity contribution in [1.29, 1.82) is 0 Å². The van der Waals surface area contributed by atoms with Gasteiger partial charge in [0.2, 0.25) is 0 Å². The summed E-state index contributed by atoms with van der Waals surface area (Å²) in [6.45, 7) is 5.60. The molecule has 0 aromatic heterocycles. The Hall–Kier alpha value is -4.31. The molecule has 4 heteroatoms. The first kappa shape index (κ1) is 21.9. The molecule has 0 aliphatic carbocycles. The molecule has 164 valence electrons. The smallest absolute Gasteiger partial charge is 0.188 e. The van der Waals surface area contributed by atoms with Crippen molar-refractivity contribution in [3.63, 3.8) is 0 Å². The monoisotopic (exact) mass is 433 g/mol. The largest absolute Gasteiger partial charge is 0.477 e. The molecule has 0 bridgehead atoms. The molecule has 0 spiro atoms. The molecular weight excluding hydrogens is 406 g/mol. The fourth-order valence-corrected chi connectivity index (χ4v) is 3.59. The van der Waals surface area contributed by atoms with Crippen molar-refractivity contribution in [1.82, 2.24) is 0 Å². The first-order valence-electron chi connectivity index (χ1n) is 10.9. The summed E-state index contributed by atoms with van der Waals surface area (Å²) in [5.41, 5.74) is 5.23. The lowest BCUT2D eigenvalue weighted by atomic mass is 10.1. The van der Waals surface area contributed by atoms with E-state index in [2.05, 4.69) is 84.3 Å².